The molecule has 19 heavy (non-hydrogen) atoms. The Labute approximate surface area is 110 Å². The van der Waals surface area contributed by atoms with Crippen LogP contribution < -0.4 is 0 Å². The first-order valence-electron chi connectivity index (χ1n) is 5.35. The number of thiophene rings is 1. The number of hydrogen-bond acceptors (Lipinski definition) is 3. The first-order chi connectivity index (χ1) is 8.51. The Kier molecular flexibility index (Phi) is 2.89. The van der Waals surface area contributed by atoms with Crippen LogP contribution in [0, 0.1) is 0 Å². The molecule has 2 rings (SSSR count). The minimum Gasteiger partial charge on any atom is -0.477 e. The molecule has 0 aliphatic rings. The summed E-state index contributed by atoms with van der Waals surface area (Å²) in [6.07, 6.45) is -4.61. The van der Waals surface area contributed by atoms with Crippen LogP contribution in [0.4, 0.5) is 13.2 Å². The fourth-order valence-electron chi connectivity index (χ4n) is 1.68. The maximum absolute atomic E-state index is 12.9. The van der Waals surface area contributed by atoms with E-state index in [1.54, 1.807) is 20.8 Å². The Balaban J connectivity index is 2.81. The predicted molar refractivity (Wildman–Crippen MR) is 64.6 cm³/mol. The van der Waals surface area contributed by atoms with Gasteiger partial charge in [0.1, 0.15) is 9.71 Å². The third-order valence-electron chi connectivity index (χ3n) is 2.47. The number of aromatic nitrogens is 2. The summed E-state index contributed by atoms with van der Waals surface area (Å²) in [5.74, 6) is -1.24. The average molecular weight is 292 g/mol. The monoisotopic (exact) mass is 292 g/mol. The second-order valence-corrected chi connectivity index (χ2v) is 6.09. The number of hydrogen-bond donors (Lipinski definition) is 1. The van der Waals surface area contributed by atoms with E-state index >= 15 is 0 Å². The molecule has 2 aromatic heterocycles. The third-order valence-corrected chi connectivity index (χ3v) is 3.57. The van der Waals surface area contributed by atoms with Gasteiger partial charge >= 0.3 is 12.1 Å². The number of carboxylic acids is 1. The summed E-state index contributed by atoms with van der Waals surface area (Å²) in [6.45, 7) is 5.12. The molecule has 2 heterocycles. The zero-order chi connectivity index (χ0) is 14.6. The zero-order valence-electron chi connectivity index (χ0n) is 10.4. The van der Waals surface area contributed by atoms with E-state index in [9.17, 15) is 18.0 Å². The molecule has 0 fully saturated rings. The lowest BCUT2D eigenvalue weighted by Crippen LogP contribution is -2.23. The van der Waals surface area contributed by atoms with Crippen molar-refractivity contribution in [2.75, 3.05) is 0 Å². The van der Waals surface area contributed by atoms with Crippen LogP contribution in [0.5, 0.6) is 0 Å². The molecule has 0 saturated carbocycles. The van der Waals surface area contributed by atoms with Crippen LogP contribution in [0.3, 0.4) is 0 Å². The minimum absolute atomic E-state index is 0.129. The van der Waals surface area contributed by atoms with Gasteiger partial charge in [0.15, 0.2) is 5.69 Å². The largest absolute Gasteiger partial charge is 0.477 e. The van der Waals surface area contributed by atoms with Gasteiger partial charge in [-0.25, -0.2) is 9.48 Å². The van der Waals surface area contributed by atoms with Gasteiger partial charge in [-0.15, -0.1) is 11.3 Å². The van der Waals surface area contributed by atoms with Gasteiger partial charge in [-0.05, 0) is 26.8 Å². The number of carbonyl (C=O) groups is 1. The maximum atomic E-state index is 12.9. The molecule has 2 aromatic rings. The minimum atomic E-state index is -4.61. The van der Waals surface area contributed by atoms with E-state index in [1.165, 1.54) is 4.68 Å². The molecule has 0 atom stereocenters. The van der Waals surface area contributed by atoms with Crippen LogP contribution in [-0.4, -0.2) is 20.9 Å². The topological polar surface area (TPSA) is 55.1 Å². The first kappa shape index (κ1) is 13.9. The van der Waals surface area contributed by atoms with Crippen LogP contribution in [-0.2, 0) is 11.7 Å². The number of carboxylic acid groups (broad SMARTS) is 1. The second kappa shape index (κ2) is 3.96. The molecule has 0 radical (unpaired) electrons. The summed E-state index contributed by atoms with van der Waals surface area (Å²) in [4.78, 5) is 11.0. The van der Waals surface area contributed by atoms with Gasteiger partial charge < -0.3 is 5.11 Å². The van der Waals surface area contributed by atoms with Crippen LogP contribution in [0.2, 0.25) is 0 Å². The van der Waals surface area contributed by atoms with E-state index in [4.69, 9.17) is 5.11 Å². The standard InChI is InChI=1S/C11H11F3N2O2S/c1-10(2,3)16-8-5(4-6(19-8)9(17)18)7(15-16)11(12,13)14/h4H,1-3H3,(H,17,18). The Morgan fingerprint density at radius 3 is 2.37 bits per heavy atom. The van der Waals surface area contributed by atoms with Gasteiger partial charge in [0, 0.05) is 5.39 Å². The number of nitrogens with zero attached hydrogens (tertiary/aromatic N) is 2. The summed E-state index contributed by atoms with van der Waals surface area (Å²) in [7, 11) is 0. The van der Waals surface area contributed by atoms with Crippen molar-refractivity contribution in [3.63, 3.8) is 0 Å². The van der Waals surface area contributed by atoms with E-state index in [-0.39, 0.29) is 15.1 Å². The molecule has 8 heteroatoms. The molecule has 0 amide bonds. The van der Waals surface area contributed by atoms with Gasteiger partial charge in [-0.1, -0.05) is 0 Å². The van der Waals surface area contributed by atoms with Gasteiger partial charge in [0.2, 0.25) is 0 Å². The Morgan fingerprint density at radius 2 is 1.95 bits per heavy atom. The average Bonchev–Trinajstić information content (AvgIpc) is 2.68. The highest BCUT2D eigenvalue weighted by Gasteiger charge is 2.39. The van der Waals surface area contributed by atoms with Gasteiger partial charge in [0.05, 0.1) is 5.54 Å². The Morgan fingerprint density at radius 1 is 1.37 bits per heavy atom. The van der Waals surface area contributed by atoms with Crippen molar-refractivity contribution in [3.8, 4) is 0 Å². The molecule has 1 N–H and O–H groups in total. The molecule has 0 saturated heterocycles. The first-order valence-corrected chi connectivity index (χ1v) is 6.17. The van der Waals surface area contributed by atoms with Crippen LogP contribution in [0.25, 0.3) is 10.2 Å². The quantitative estimate of drug-likeness (QED) is 0.874. The van der Waals surface area contributed by atoms with Crippen LogP contribution >= 0.6 is 11.3 Å². The highest BCUT2D eigenvalue weighted by Crippen LogP contribution is 2.39. The lowest BCUT2D eigenvalue weighted by molar-refractivity contribution is -0.140. The molecule has 0 unspecified atom stereocenters. The second-order valence-electron chi connectivity index (χ2n) is 5.06. The summed E-state index contributed by atoms with van der Waals surface area (Å²) in [5.41, 5.74) is -1.70. The summed E-state index contributed by atoms with van der Waals surface area (Å²) < 4.78 is 40.0. The molecule has 0 bridgehead atoms. The van der Waals surface area contributed by atoms with E-state index in [0.29, 0.717) is 0 Å². The van der Waals surface area contributed by atoms with Crippen molar-refractivity contribution in [3.05, 3.63) is 16.6 Å². The lowest BCUT2D eigenvalue weighted by atomic mass is 10.1. The number of halogens is 3. The number of alkyl halides is 3. The molecule has 0 aliphatic heterocycles. The Hall–Kier alpha value is -1.57. The maximum Gasteiger partial charge on any atom is 0.435 e. The highest BCUT2D eigenvalue weighted by molar-refractivity contribution is 7.20. The molecular formula is C11H11F3N2O2S. The fraction of sp³-hybridized carbons (Fsp3) is 0.455. The highest BCUT2D eigenvalue weighted by atomic mass is 32.1. The number of fused-ring (bicyclic) bond motifs is 1. The van der Waals surface area contributed by atoms with Crippen molar-refractivity contribution in [2.45, 2.75) is 32.5 Å². The SMILES string of the molecule is CC(C)(C)n1nc(C(F)(F)F)c2cc(C(=O)O)sc21. The van der Waals surface area contributed by atoms with E-state index in [2.05, 4.69) is 5.10 Å². The lowest BCUT2D eigenvalue weighted by Gasteiger charge is -2.19. The van der Waals surface area contributed by atoms with Crippen molar-refractivity contribution in [1.29, 1.82) is 0 Å². The number of rotatable bonds is 1. The van der Waals surface area contributed by atoms with Crippen molar-refractivity contribution < 1.29 is 23.1 Å². The molecule has 4 nitrogen and oxygen atoms in total. The summed E-state index contributed by atoms with van der Waals surface area (Å²) >= 11 is 0.797. The van der Waals surface area contributed by atoms with E-state index < -0.39 is 23.4 Å². The third kappa shape index (κ3) is 2.32. The van der Waals surface area contributed by atoms with Crippen molar-refractivity contribution >= 4 is 27.5 Å². The van der Waals surface area contributed by atoms with Crippen LogP contribution in [0.15, 0.2) is 6.07 Å². The summed E-state index contributed by atoms with van der Waals surface area (Å²) in [6, 6.07) is 1.03. The zero-order valence-corrected chi connectivity index (χ0v) is 11.2. The molecule has 104 valence electrons. The molecule has 0 aromatic carbocycles. The molecule has 0 aliphatic carbocycles. The molecule has 0 spiro atoms. The van der Waals surface area contributed by atoms with Gasteiger partial charge in [-0.3, -0.25) is 0 Å². The van der Waals surface area contributed by atoms with Gasteiger partial charge in [-0.2, -0.15) is 18.3 Å². The van der Waals surface area contributed by atoms with E-state index in [0.717, 1.165) is 17.4 Å². The fourth-order valence-corrected chi connectivity index (χ4v) is 2.82. The van der Waals surface area contributed by atoms with Crippen LogP contribution in [0.1, 0.15) is 36.1 Å². The van der Waals surface area contributed by atoms with E-state index in [1.807, 2.05) is 0 Å². The normalized spacial score (nSPS) is 13.2. The van der Waals surface area contributed by atoms with Crippen molar-refractivity contribution in [2.24, 2.45) is 0 Å². The predicted octanol–water partition coefficient (Wildman–Crippen LogP) is 3.57. The summed E-state index contributed by atoms with van der Waals surface area (Å²) in [5, 5.41) is 12.3. The van der Waals surface area contributed by atoms with Gasteiger partial charge in [0.25, 0.3) is 0 Å². The molecular weight excluding hydrogens is 281 g/mol. The number of aromatic carboxylic acids is 1. The smallest absolute Gasteiger partial charge is 0.435 e. The Bertz CT molecular complexity index is 603. The van der Waals surface area contributed by atoms with Crippen molar-refractivity contribution in [1.82, 2.24) is 9.78 Å².